The fourth-order valence-corrected chi connectivity index (χ4v) is 4.09. The minimum Gasteiger partial charge on any atom is -0.310 e. The van der Waals surface area contributed by atoms with Crippen LogP contribution in [0.1, 0.15) is 24.8 Å². The summed E-state index contributed by atoms with van der Waals surface area (Å²) in [5, 5.41) is 22.5. The molecule has 2 aliphatic heterocycles. The number of hydrogen-bond acceptors (Lipinski definition) is 3. The van der Waals surface area contributed by atoms with E-state index in [9.17, 15) is 10.5 Å². The Hall–Kier alpha value is -2.62. The van der Waals surface area contributed by atoms with E-state index in [2.05, 4.69) is 48.3 Å². The third-order valence-corrected chi connectivity index (χ3v) is 5.16. The second-order valence-electron chi connectivity index (χ2n) is 6.43. The molecule has 2 aliphatic rings. The summed E-state index contributed by atoms with van der Waals surface area (Å²) in [6.45, 7) is 3.95. The van der Waals surface area contributed by atoms with Gasteiger partial charge in [0.1, 0.15) is 17.7 Å². The van der Waals surface area contributed by atoms with Crippen molar-refractivity contribution in [3.63, 3.8) is 0 Å². The normalized spacial score (nSPS) is 28.3. The Labute approximate surface area is 143 Å². The number of nitrogens with zero attached hydrogens (tertiary/aromatic N) is 2. The third-order valence-electron chi connectivity index (χ3n) is 5.16. The quantitative estimate of drug-likeness (QED) is 0.675. The van der Waals surface area contributed by atoms with Gasteiger partial charge in [-0.25, -0.2) is 0 Å². The molecule has 24 heavy (non-hydrogen) atoms. The molecule has 3 rings (SSSR count). The molecule has 1 N–H and O–H groups in total. The summed E-state index contributed by atoms with van der Waals surface area (Å²) in [6, 6.07) is 15.1. The van der Waals surface area contributed by atoms with Crippen LogP contribution >= 0.6 is 0 Å². The zero-order valence-corrected chi connectivity index (χ0v) is 13.7. The van der Waals surface area contributed by atoms with Gasteiger partial charge in [0.25, 0.3) is 0 Å². The molecule has 2 fully saturated rings. The second-order valence-corrected chi connectivity index (χ2v) is 6.43. The zero-order chi connectivity index (χ0) is 16.9. The van der Waals surface area contributed by atoms with Crippen LogP contribution in [0, 0.1) is 34.5 Å². The lowest BCUT2D eigenvalue weighted by molar-refractivity contribution is 0.327. The fourth-order valence-electron chi connectivity index (χ4n) is 4.09. The summed E-state index contributed by atoms with van der Waals surface area (Å²) in [5.41, 5.74) is 2.42. The highest BCUT2D eigenvalue weighted by molar-refractivity contribution is 5.50. The zero-order valence-electron chi connectivity index (χ0n) is 13.7. The summed E-state index contributed by atoms with van der Waals surface area (Å²) < 4.78 is 0. The van der Waals surface area contributed by atoms with Crippen molar-refractivity contribution in [2.75, 3.05) is 0 Å². The lowest BCUT2D eigenvalue weighted by Crippen LogP contribution is -2.47. The van der Waals surface area contributed by atoms with Crippen LogP contribution in [-0.2, 0) is 0 Å². The number of nitrogens with one attached hydrogen (secondary N) is 1. The van der Waals surface area contributed by atoms with Crippen LogP contribution in [0.25, 0.3) is 6.08 Å². The van der Waals surface area contributed by atoms with E-state index in [1.807, 2.05) is 24.3 Å². The average Bonchev–Trinajstić information content (AvgIpc) is 3.05. The maximum absolute atomic E-state index is 9.40. The average molecular weight is 315 g/mol. The molecule has 0 spiro atoms. The third kappa shape index (κ3) is 3.04. The predicted molar refractivity (Wildman–Crippen MR) is 95.5 cm³/mol. The van der Waals surface area contributed by atoms with Crippen LogP contribution in [0.3, 0.4) is 0 Å². The molecule has 3 heteroatoms. The Morgan fingerprint density at radius 1 is 1.17 bits per heavy atom. The number of nitriles is 2. The number of benzene rings is 1. The number of hydrogen-bond donors (Lipinski definition) is 1. The monoisotopic (exact) mass is 315 g/mol. The Morgan fingerprint density at radius 2 is 1.88 bits per heavy atom. The van der Waals surface area contributed by atoms with Crippen molar-refractivity contribution in [1.29, 1.82) is 10.5 Å². The highest BCUT2D eigenvalue weighted by atomic mass is 15.0. The smallest absolute Gasteiger partial charge is 0.129 e. The molecule has 2 heterocycles. The van der Waals surface area contributed by atoms with E-state index >= 15 is 0 Å². The van der Waals surface area contributed by atoms with Crippen molar-refractivity contribution in [2.24, 2.45) is 11.8 Å². The van der Waals surface area contributed by atoms with Crippen molar-refractivity contribution in [3.8, 4) is 12.1 Å². The highest BCUT2D eigenvalue weighted by Crippen LogP contribution is 2.43. The number of allylic oxidation sites excluding steroid dienone is 2. The van der Waals surface area contributed by atoms with Gasteiger partial charge in [0.2, 0.25) is 0 Å². The van der Waals surface area contributed by atoms with Gasteiger partial charge in [0, 0.05) is 23.9 Å². The lowest BCUT2D eigenvalue weighted by atomic mass is 9.75. The van der Waals surface area contributed by atoms with Crippen LogP contribution in [0.15, 0.2) is 60.2 Å². The molecule has 120 valence electrons. The van der Waals surface area contributed by atoms with Crippen LogP contribution in [-0.4, -0.2) is 12.1 Å². The molecule has 0 amide bonds. The van der Waals surface area contributed by atoms with Gasteiger partial charge in [0.15, 0.2) is 0 Å². The van der Waals surface area contributed by atoms with E-state index in [4.69, 9.17) is 0 Å². The fraction of sp³-hybridized carbons (Fsp3) is 0.333. The van der Waals surface area contributed by atoms with Gasteiger partial charge < -0.3 is 5.32 Å². The first-order chi connectivity index (χ1) is 11.8. The molecule has 0 aliphatic carbocycles. The molecule has 1 aromatic rings. The maximum Gasteiger partial charge on any atom is 0.129 e. The highest BCUT2D eigenvalue weighted by Gasteiger charge is 2.44. The van der Waals surface area contributed by atoms with Crippen molar-refractivity contribution < 1.29 is 0 Å². The number of rotatable bonds is 4. The first kappa shape index (κ1) is 16.2. The van der Waals surface area contributed by atoms with Gasteiger partial charge in [0.05, 0.1) is 0 Å². The van der Waals surface area contributed by atoms with E-state index in [0.29, 0.717) is 12.1 Å². The largest absolute Gasteiger partial charge is 0.310 e. The van der Waals surface area contributed by atoms with E-state index in [1.165, 1.54) is 0 Å². The van der Waals surface area contributed by atoms with E-state index in [1.54, 1.807) is 0 Å². The molecule has 2 saturated heterocycles. The molecule has 1 unspecified atom stereocenters. The number of fused-ring (bicyclic) bond motifs is 2. The maximum atomic E-state index is 9.40. The minimum absolute atomic E-state index is 0.0770. The molecule has 1 aromatic carbocycles. The van der Waals surface area contributed by atoms with Gasteiger partial charge in [-0.15, -0.1) is 6.58 Å². The van der Waals surface area contributed by atoms with E-state index in [-0.39, 0.29) is 17.4 Å². The van der Waals surface area contributed by atoms with Gasteiger partial charge in [-0.2, -0.15) is 10.5 Å². The Balaban J connectivity index is 1.90. The molecular formula is C21H21N3. The number of piperidine rings is 1. The Kier molecular flexibility index (Phi) is 4.94. The van der Waals surface area contributed by atoms with Crippen LogP contribution < -0.4 is 5.32 Å². The van der Waals surface area contributed by atoms with Gasteiger partial charge in [-0.3, -0.25) is 0 Å². The van der Waals surface area contributed by atoms with E-state index in [0.717, 1.165) is 30.4 Å². The van der Waals surface area contributed by atoms with Gasteiger partial charge in [-0.05, 0) is 30.4 Å². The summed E-state index contributed by atoms with van der Waals surface area (Å²) in [6.07, 6.45) is 9.16. The first-order valence-electron chi connectivity index (χ1n) is 8.43. The summed E-state index contributed by atoms with van der Waals surface area (Å²) in [5.74, 6) is 0.259. The Morgan fingerprint density at radius 3 is 2.54 bits per heavy atom. The minimum atomic E-state index is 0.0770. The van der Waals surface area contributed by atoms with E-state index < -0.39 is 0 Å². The second kappa shape index (κ2) is 7.30. The molecule has 0 aromatic heterocycles. The molecule has 0 radical (unpaired) electrons. The molecular weight excluding hydrogens is 294 g/mol. The van der Waals surface area contributed by atoms with Crippen molar-refractivity contribution in [1.82, 2.24) is 5.32 Å². The van der Waals surface area contributed by atoms with Crippen molar-refractivity contribution in [2.45, 2.75) is 31.3 Å². The van der Waals surface area contributed by atoms with Crippen LogP contribution in [0.2, 0.25) is 0 Å². The molecule has 2 bridgehead atoms. The summed E-state index contributed by atoms with van der Waals surface area (Å²) >= 11 is 0. The Bertz CT molecular complexity index is 730. The topological polar surface area (TPSA) is 59.6 Å². The SMILES string of the molecule is C=C[C@@H]1C(=C(C#N)C#N)[C@H](C/C=C/c2ccccc2)[C@H]2CCC1N2. The van der Waals surface area contributed by atoms with Gasteiger partial charge in [-0.1, -0.05) is 48.6 Å². The predicted octanol–water partition coefficient (Wildman–Crippen LogP) is 3.99. The van der Waals surface area contributed by atoms with Crippen LogP contribution in [0.4, 0.5) is 0 Å². The molecule has 0 saturated carbocycles. The molecule has 3 nitrogen and oxygen atoms in total. The summed E-state index contributed by atoms with van der Waals surface area (Å²) in [4.78, 5) is 0. The van der Waals surface area contributed by atoms with Crippen LogP contribution in [0.5, 0.6) is 0 Å². The summed E-state index contributed by atoms with van der Waals surface area (Å²) in [7, 11) is 0. The molecule has 4 atom stereocenters. The van der Waals surface area contributed by atoms with Gasteiger partial charge >= 0.3 is 0 Å². The first-order valence-corrected chi connectivity index (χ1v) is 8.43. The standard InChI is InChI=1S/C21H21N3/c1-2-17-19-11-12-20(24-19)18(21(17)16(13-22)14-23)10-6-9-15-7-4-3-5-8-15/h2-9,17-20,24H,1,10-12H2/b9-6+/t17-,18+,19?,20+/m0/s1. The lowest BCUT2D eigenvalue weighted by Gasteiger charge is -2.37. The van der Waals surface area contributed by atoms with Crippen molar-refractivity contribution in [3.05, 3.63) is 65.8 Å². The van der Waals surface area contributed by atoms with Crippen molar-refractivity contribution >= 4 is 6.08 Å².